The summed E-state index contributed by atoms with van der Waals surface area (Å²) in [4.78, 5) is 15.5. The molecule has 4 nitrogen and oxygen atoms in total. The zero-order chi connectivity index (χ0) is 14.7. The number of benzene rings is 1. The van der Waals surface area contributed by atoms with Crippen molar-refractivity contribution in [3.63, 3.8) is 0 Å². The number of likely N-dealkylation sites (tertiary alicyclic amines) is 1. The first-order valence-electron chi connectivity index (χ1n) is 7.22. The molecular formula is C16H24N2O2. The quantitative estimate of drug-likeness (QED) is 0.896. The van der Waals surface area contributed by atoms with Crippen LogP contribution in [0.3, 0.4) is 0 Å². The second-order valence-corrected chi connectivity index (χ2v) is 5.85. The Morgan fingerprint density at radius 1 is 1.40 bits per heavy atom. The molecule has 0 aliphatic carbocycles. The summed E-state index contributed by atoms with van der Waals surface area (Å²) in [7, 11) is 2.13. The van der Waals surface area contributed by atoms with Crippen molar-refractivity contribution in [1.29, 1.82) is 0 Å². The van der Waals surface area contributed by atoms with Crippen LogP contribution in [0, 0.1) is 6.92 Å². The van der Waals surface area contributed by atoms with Gasteiger partial charge in [0.15, 0.2) is 0 Å². The average molecular weight is 276 g/mol. The van der Waals surface area contributed by atoms with Crippen LogP contribution in [0.5, 0.6) is 0 Å². The molecule has 0 aromatic heterocycles. The second kappa shape index (κ2) is 6.27. The summed E-state index contributed by atoms with van der Waals surface area (Å²) in [6.45, 7) is 5.86. The molecule has 1 aromatic carbocycles. The monoisotopic (exact) mass is 276 g/mol. The van der Waals surface area contributed by atoms with Crippen LogP contribution in [0.4, 0.5) is 5.69 Å². The third-order valence-corrected chi connectivity index (χ3v) is 4.24. The molecule has 0 saturated carbocycles. The zero-order valence-corrected chi connectivity index (χ0v) is 12.5. The summed E-state index contributed by atoms with van der Waals surface area (Å²) in [5.41, 5.74) is 2.35. The van der Waals surface area contributed by atoms with E-state index in [1.807, 2.05) is 0 Å². The predicted molar refractivity (Wildman–Crippen MR) is 81.3 cm³/mol. The lowest BCUT2D eigenvalue weighted by Gasteiger charge is -2.31. The molecule has 0 bridgehead atoms. The molecule has 0 radical (unpaired) electrons. The normalized spacial score (nSPS) is 22.9. The van der Waals surface area contributed by atoms with Crippen molar-refractivity contribution in [1.82, 2.24) is 4.90 Å². The summed E-state index contributed by atoms with van der Waals surface area (Å²) in [6, 6.07) is 9.33. The number of aryl methyl sites for hydroxylation is 1. The highest BCUT2D eigenvalue weighted by molar-refractivity contribution is 5.67. The van der Waals surface area contributed by atoms with Gasteiger partial charge in [-0.25, -0.2) is 0 Å². The Kier molecular flexibility index (Phi) is 4.65. The van der Waals surface area contributed by atoms with Gasteiger partial charge in [-0.15, -0.1) is 0 Å². The zero-order valence-electron chi connectivity index (χ0n) is 12.5. The Balaban J connectivity index is 2.16. The smallest absolute Gasteiger partial charge is 0.305 e. The maximum Gasteiger partial charge on any atom is 0.305 e. The largest absolute Gasteiger partial charge is 0.481 e. The topological polar surface area (TPSA) is 43.8 Å². The van der Waals surface area contributed by atoms with E-state index in [1.165, 1.54) is 5.56 Å². The second-order valence-electron chi connectivity index (χ2n) is 5.85. The first-order chi connectivity index (χ1) is 9.47. The van der Waals surface area contributed by atoms with E-state index in [9.17, 15) is 4.79 Å². The number of carbonyl (C=O) groups is 1. The van der Waals surface area contributed by atoms with Gasteiger partial charge in [-0.3, -0.25) is 4.79 Å². The Labute approximate surface area is 121 Å². The van der Waals surface area contributed by atoms with Crippen molar-refractivity contribution in [2.24, 2.45) is 0 Å². The molecule has 1 aromatic rings. The van der Waals surface area contributed by atoms with E-state index in [-0.39, 0.29) is 6.42 Å². The lowest BCUT2D eigenvalue weighted by Crippen LogP contribution is -2.38. The lowest BCUT2D eigenvalue weighted by molar-refractivity contribution is -0.136. The minimum atomic E-state index is -0.735. The molecule has 2 unspecified atom stereocenters. The van der Waals surface area contributed by atoms with Crippen LogP contribution < -0.4 is 4.90 Å². The molecule has 1 heterocycles. The van der Waals surface area contributed by atoms with Gasteiger partial charge in [0, 0.05) is 30.9 Å². The molecule has 4 heteroatoms. The van der Waals surface area contributed by atoms with Crippen molar-refractivity contribution >= 4 is 11.7 Å². The number of likely N-dealkylation sites (N-methyl/N-ethyl adjacent to an activating group) is 1. The van der Waals surface area contributed by atoms with Crippen LogP contribution in [-0.4, -0.2) is 48.2 Å². The third-order valence-electron chi connectivity index (χ3n) is 4.24. The molecule has 20 heavy (non-hydrogen) atoms. The number of hydrogen-bond donors (Lipinski definition) is 1. The first kappa shape index (κ1) is 14.9. The minimum Gasteiger partial charge on any atom is -0.481 e. The van der Waals surface area contributed by atoms with Gasteiger partial charge in [-0.1, -0.05) is 17.7 Å². The molecular weight excluding hydrogens is 252 g/mol. The molecule has 110 valence electrons. The summed E-state index contributed by atoms with van der Waals surface area (Å²) in [5.74, 6) is -0.735. The van der Waals surface area contributed by atoms with Gasteiger partial charge >= 0.3 is 5.97 Å². The Bertz CT molecular complexity index is 448. The average Bonchev–Trinajstić information content (AvgIpc) is 2.71. The highest BCUT2D eigenvalue weighted by Gasteiger charge is 2.30. The fourth-order valence-corrected chi connectivity index (χ4v) is 2.86. The van der Waals surface area contributed by atoms with Crippen LogP contribution in [0.25, 0.3) is 0 Å². The number of nitrogens with zero attached hydrogens (tertiary/aromatic N) is 2. The van der Waals surface area contributed by atoms with Gasteiger partial charge in [-0.05, 0) is 39.4 Å². The van der Waals surface area contributed by atoms with E-state index < -0.39 is 5.97 Å². The lowest BCUT2D eigenvalue weighted by atomic mass is 10.1. The van der Waals surface area contributed by atoms with Crippen LogP contribution in [-0.2, 0) is 4.79 Å². The maximum atomic E-state index is 10.9. The van der Waals surface area contributed by atoms with E-state index in [2.05, 4.69) is 55.0 Å². The maximum absolute atomic E-state index is 10.9. The van der Waals surface area contributed by atoms with Crippen LogP contribution in [0.2, 0.25) is 0 Å². The summed E-state index contributed by atoms with van der Waals surface area (Å²) in [5, 5.41) is 8.96. The van der Waals surface area contributed by atoms with Crippen molar-refractivity contribution in [3.05, 3.63) is 29.8 Å². The summed E-state index contributed by atoms with van der Waals surface area (Å²) >= 11 is 0. The van der Waals surface area contributed by atoms with Gasteiger partial charge in [-0.2, -0.15) is 0 Å². The Morgan fingerprint density at radius 2 is 2.05 bits per heavy atom. The molecule has 2 atom stereocenters. The molecule has 0 spiro atoms. The molecule has 1 aliphatic heterocycles. The van der Waals surface area contributed by atoms with Crippen LogP contribution >= 0.6 is 0 Å². The standard InChI is InChI=1S/C16H24N2O2/c1-12-4-6-14(7-5-12)18(9-8-16(19)20)15-10-13(2)17(3)11-15/h4-7,13,15H,8-11H2,1-3H3,(H,19,20). The van der Waals surface area contributed by atoms with E-state index in [1.54, 1.807) is 0 Å². The van der Waals surface area contributed by atoms with Crippen LogP contribution in [0.1, 0.15) is 25.3 Å². The third kappa shape index (κ3) is 3.51. The number of carboxylic acid groups (broad SMARTS) is 1. The molecule has 1 N–H and O–H groups in total. The number of aliphatic carboxylic acids is 1. The number of carboxylic acids is 1. The Morgan fingerprint density at radius 3 is 2.55 bits per heavy atom. The van der Waals surface area contributed by atoms with E-state index in [4.69, 9.17) is 5.11 Å². The molecule has 1 saturated heterocycles. The van der Waals surface area contributed by atoms with E-state index in [0.717, 1.165) is 18.7 Å². The van der Waals surface area contributed by atoms with Gasteiger partial charge in [0.25, 0.3) is 0 Å². The van der Waals surface area contributed by atoms with Gasteiger partial charge in [0.05, 0.1) is 6.42 Å². The number of hydrogen-bond acceptors (Lipinski definition) is 3. The van der Waals surface area contributed by atoms with Gasteiger partial charge in [0.2, 0.25) is 0 Å². The molecule has 1 aliphatic rings. The Hall–Kier alpha value is -1.55. The van der Waals surface area contributed by atoms with Crippen molar-refractivity contribution in [3.8, 4) is 0 Å². The van der Waals surface area contributed by atoms with Crippen molar-refractivity contribution in [2.45, 2.75) is 38.8 Å². The van der Waals surface area contributed by atoms with Crippen molar-refractivity contribution in [2.75, 3.05) is 25.0 Å². The number of anilines is 1. The predicted octanol–water partition coefficient (Wildman–Crippen LogP) is 2.37. The highest BCUT2D eigenvalue weighted by Crippen LogP contribution is 2.26. The molecule has 0 amide bonds. The highest BCUT2D eigenvalue weighted by atomic mass is 16.4. The molecule has 2 rings (SSSR count). The van der Waals surface area contributed by atoms with Gasteiger partial charge < -0.3 is 14.9 Å². The van der Waals surface area contributed by atoms with Gasteiger partial charge in [0.1, 0.15) is 0 Å². The first-order valence-corrected chi connectivity index (χ1v) is 7.22. The van der Waals surface area contributed by atoms with E-state index in [0.29, 0.717) is 18.6 Å². The SMILES string of the molecule is Cc1ccc(N(CCC(=O)O)C2CC(C)N(C)C2)cc1. The number of rotatable bonds is 5. The van der Waals surface area contributed by atoms with Crippen LogP contribution in [0.15, 0.2) is 24.3 Å². The summed E-state index contributed by atoms with van der Waals surface area (Å²) in [6.07, 6.45) is 1.27. The minimum absolute atomic E-state index is 0.183. The molecule has 1 fully saturated rings. The van der Waals surface area contributed by atoms with Crippen molar-refractivity contribution < 1.29 is 9.90 Å². The van der Waals surface area contributed by atoms with E-state index >= 15 is 0 Å². The summed E-state index contributed by atoms with van der Waals surface area (Å²) < 4.78 is 0. The fourth-order valence-electron chi connectivity index (χ4n) is 2.86. The fraction of sp³-hybridized carbons (Fsp3) is 0.562.